The molecule has 0 heterocycles. The second kappa shape index (κ2) is 5.27. The van der Waals surface area contributed by atoms with E-state index in [-0.39, 0.29) is 5.82 Å². The van der Waals surface area contributed by atoms with Gasteiger partial charge in [-0.15, -0.1) is 0 Å². The van der Waals surface area contributed by atoms with Gasteiger partial charge in [0.25, 0.3) is 0 Å². The fraction of sp³-hybridized carbons (Fsp3) is 0.0769. The molecular formula is C13H13FN2O2S. The van der Waals surface area contributed by atoms with E-state index in [9.17, 15) is 12.8 Å². The largest absolute Gasteiger partial charge is 0.355 e. The van der Waals surface area contributed by atoms with E-state index in [1.165, 1.54) is 12.1 Å². The van der Waals surface area contributed by atoms with Crippen LogP contribution in [-0.2, 0) is 10.0 Å². The van der Waals surface area contributed by atoms with Crippen molar-refractivity contribution >= 4 is 27.1 Å². The van der Waals surface area contributed by atoms with Crippen LogP contribution in [0.15, 0.2) is 48.5 Å². The standard InChI is InChI=1S/C13H13FN2O2S/c1-19(17,18)16-12-7-5-11(6-8-12)15-13-4-2-3-10(14)9-13/h2-9,15-16H,1H3. The van der Waals surface area contributed by atoms with Gasteiger partial charge in [0.1, 0.15) is 5.82 Å². The molecule has 0 aliphatic heterocycles. The Morgan fingerprint density at radius 3 is 2.16 bits per heavy atom. The summed E-state index contributed by atoms with van der Waals surface area (Å²) in [5.41, 5.74) is 1.85. The zero-order valence-corrected chi connectivity index (χ0v) is 11.0. The molecule has 2 aromatic carbocycles. The molecule has 0 fully saturated rings. The van der Waals surface area contributed by atoms with Crippen LogP contribution in [0.4, 0.5) is 21.5 Å². The molecule has 0 aromatic heterocycles. The van der Waals surface area contributed by atoms with Gasteiger partial charge in [0.05, 0.1) is 6.26 Å². The van der Waals surface area contributed by atoms with Crippen molar-refractivity contribution in [3.05, 3.63) is 54.3 Å². The van der Waals surface area contributed by atoms with E-state index in [0.29, 0.717) is 11.4 Å². The van der Waals surface area contributed by atoms with Crippen LogP contribution in [0.2, 0.25) is 0 Å². The van der Waals surface area contributed by atoms with Gasteiger partial charge in [-0.25, -0.2) is 12.8 Å². The van der Waals surface area contributed by atoms with Crippen molar-refractivity contribution in [2.45, 2.75) is 0 Å². The lowest BCUT2D eigenvalue weighted by atomic mass is 10.2. The minimum absolute atomic E-state index is 0.319. The highest BCUT2D eigenvalue weighted by molar-refractivity contribution is 7.92. The lowest BCUT2D eigenvalue weighted by Gasteiger charge is -2.08. The van der Waals surface area contributed by atoms with Gasteiger partial charge in [-0.05, 0) is 42.5 Å². The normalized spacial score (nSPS) is 11.1. The Hall–Kier alpha value is -2.08. The molecule has 2 N–H and O–H groups in total. The third kappa shape index (κ3) is 4.26. The van der Waals surface area contributed by atoms with Crippen LogP contribution in [0.5, 0.6) is 0 Å². The average molecular weight is 280 g/mol. The smallest absolute Gasteiger partial charge is 0.229 e. The van der Waals surface area contributed by atoms with Crippen LogP contribution in [0, 0.1) is 5.82 Å². The number of benzene rings is 2. The molecule has 0 bridgehead atoms. The zero-order chi connectivity index (χ0) is 13.9. The topological polar surface area (TPSA) is 58.2 Å². The molecule has 0 aliphatic rings. The molecule has 0 unspecified atom stereocenters. The summed E-state index contributed by atoms with van der Waals surface area (Å²) in [5, 5.41) is 3.02. The van der Waals surface area contributed by atoms with E-state index in [2.05, 4.69) is 10.0 Å². The molecule has 0 aliphatic carbocycles. The zero-order valence-electron chi connectivity index (χ0n) is 10.2. The number of nitrogens with one attached hydrogen (secondary N) is 2. The number of anilines is 3. The van der Waals surface area contributed by atoms with Gasteiger partial charge in [0.2, 0.25) is 10.0 Å². The quantitative estimate of drug-likeness (QED) is 0.905. The summed E-state index contributed by atoms with van der Waals surface area (Å²) < 4.78 is 37.5. The Labute approximate surface area is 111 Å². The second-order valence-corrected chi connectivity index (χ2v) is 5.84. The number of halogens is 1. The molecule has 2 aromatic rings. The lowest BCUT2D eigenvalue weighted by molar-refractivity contribution is 0.607. The molecule has 0 saturated carbocycles. The molecule has 0 spiro atoms. The Morgan fingerprint density at radius 1 is 0.947 bits per heavy atom. The molecule has 0 radical (unpaired) electrons. The molecule has 2 rings (SSSR count). The number of hydrogen-bond donors (Lipinski definition) is 2. The fourth-order valence-corrected chi connectivity index (χ4v) is 2.13. The molecular weight excluding hydrogens is 267 g/mol. The van der Waals surface area contributed by atoms with Gasteiger partial charge in [0, 0.05) is 17.1 Å². The minimum atomic E-state index is -3.27. The lowest BCUT2D eigenvalue weighted by Crippen LogP contribution is -2.09. The van der Waals surface area contributed by atoms with Gasteiger partial charge < -0.3 is 5.32 Å². The molecule has 0 amide bonds. The highest BCUT2D eigenvalue weighted by Crippen LogP contribution is 2.19. The summed E-state index contributed by atoms with van der Waals surface area (Å²) in [6.07, 6.45) is 1.09. The van der Waals surface area contributed by atoms with E-state index in [1.807, 2.05) is 0 Å². The van der Waals surface area contributed by atoms with Crippen molar-refractivity contribution in [2.75, 3.05) is 16.3 Å². The van der Waals surface area contributed by atoms with E-state index in [4.69, 9.17) is 0 Å². The summed E-state index contributed by atoms with van der Waals surface area (Å²) in [4.78, 5) is 0. The maximum atomic E-state index is 13.0. The average Bonchev–Trinajstić information content (AvgIpc) is 2.30. The predicted molar refractivity (Wildman–Crippen MR) is 74.6 cm³/mol. The van der Waals surface area contributed by atoms with Crippen LogP contribution < -0.4 is 10.0 Å². The molecule has 0 saturated heterocycles. The third-order valence-electron chi connectivity index (χ3n) is 2.30. The van der Waals surface area contributed by atoms with Crippen molar-refractivity contribution in [2.24, 2.45) is 0 Å². The van der Waals surface area contributed by atoms with Crippen LogP contribution >= 0.6 is 0 Å². The van der Waals surface area contributed by atoms with Crippen molar-refractivity contribution in [3.8, 4) is 0 Å². The summed E-state index contributed by atoms with van der Waals surface area (Å²) in [7, 11) is -3.27. The first-order valence-corrected chi connectivity index (χ1v) is 7.42. The highest BCUT2D eigenvalue weighted by atomic mass is 32.2. The van der Waals surface area contributed by atoms with Crippen LogP contribution in [0.1, 0.15) is 0 Å². The first-order valence-electron chi connectivity index (χ1n) is 5.53. The predicted octanol–water partition coefficient (Wildman–Crippen LogP) is 2.94. The summed E-state index contributed by atoms with van der Waals surface area (Å²) >= 11 is 0. The molecule has 100 valence electrons. The van der Waals surface area contributed by atoms with E-state index < -0.39 is 10.0 Å². The van der Waals surface area contributed by atoms with E-state index in [0.717, 1.165) is 11.9 Å². The van der Waals surface area contributed by atoms with Crippen molar-refractivity contribution in [1.29, 1.82) is 0 Å². The maximum Gasteiger partial charge on any atom is 0.229 e. The molecule has 6 heteroatoms. The van der Waals surface area contributed by atoms with E-state index >= 15 is 0 Å². The third-order valence-corrected chi connectivity index (χ3v) is 2.91. The first-order chi connectivity index (χ1) is 8.92. The monoisotopic (exact) mass is 280 g/mol. The SMILES string of the molecule is CS(=O)(=O)Nc1ccc(Nc2cccc(F)c2)cc1. The van der Waals surface area contributed by atoms with E-state index in [1.54, 1.807) is 36.4 Å². The minimum Gasteiger partial charge on any atom is -0.355 e. The highest BCUT2D eigenvalue weighted by Gasteiger charge is 2.01. The van der Waals surface area contributed by atoms with Gasteiger partial charge in [-0.3, -0.25) is 4.72 Å². The molecule has 19 heavy (non-hydrogen) atoms. The Bertz CT molecular complexity index is 669. The van der Waals surface area contributed by atoms with Crippen molar-refractivity contribution < 1.29 is 12.8 Å². The Kier molecular flexibility index (Phi) is 3.71. The van der Waals surface area contributed by atoms with Crippen LogP contribution in [-0.4, -0.2) is 14.7 Å². The number of sulfonamides is 1. The summed E-state index contributed by atoms with van der Waals surface area (Å²) in [6.45, 7) is 0. The van der Waals surface area contributed by atoms with Crippen LogP contribution in [0.3, 0.4) is 0 Å². The van der Waals surface area contributed by atoms with Gasteiger partial charge in [-0.2, -0.15) is 0 Å². The molecule has 4 nitrogen and oxygen atoms in total. The van der Waals surface area contributed by atoms with Crippen molar-refractivity contribution in [3.63, 3.8) is 0 Å². The maximum absolute atomic E-state index is 13.0. The van der Waals surface area contributed by atoms with Gasteiger partial charge in [-0.1, -0.05) is 6.07 Å². The summed E-state index contributed by atoms with van der Waals surface area (Å²) in [6, 6.07) is 12.8. The van der Waals surface area contributed by atoms with Crippen LogP contribution in [0.25, 0.3) is 0 Å². The Morgan fingerprint density at radius 2 is 1.58 bits per heavy atom. The van der Waals surface area contributed by atoms with Gasteiger partial charge in [0.15, 0.2) is 0 Å². The van der Waals surface area contributed by atoms with Crippen molar-refractivity contribution in [1.82, 2.24) is 0 Å². The number of hydrogen-bond acceptors (Lipinski definition) is 3. The second-order valence-electron chi connectivity index (χ2n) is 4.09. The summed E-state index contributed by atoms with van der Waals surface area (Å²) in [5.74, 6) is -0.319. The number of rotatable bonds is 4. The fourth-order valence-electron chi connectivity index (χ4n) is 1.57. The molecule has 0 atom stereocenters. The Balaban J connectivity index is 2.11. The van der Waals surface area contributed by atoms with Gasteiger partial charge >= 0.3 is 0 Å². The first kappa shape index (κ1) is 13.4.